The number of amides is 5. The van der Waals surface area contributed by atoms with Crippen LogP contribution in [0.3, 0.4) is 0 Å². The summed E-state index contributed by atoms with van der Waals surface area (Å²) < 4.78 is 0. The third-order valence-electron chi connectivity index (χ3n) is 8.63. The van der Waals surface area contributed by atoms with Crippen molar-refractivity contribution in [3.63, 3.8) is 0 Å². The average Bonchev–Trinajstić information content (AvgIpc) is 3.51. The normalized spacial score (nSPS) is 25.8. The number of likely N-dealkylation sites (tertiary alicyclic amines) is 2. The number of likely N-dealkylation sites (N-methyl/N-ethyl adjacent to an activating group) is 1. The Morgan fingerprint density at radius 1 is 1.03 bits per heavy atom. The first kappa shape index (κ1) is 28.9. The van der Waals surface area contributed by atoms with Gasteiger partial charge in [-0.15, -0.1) is 0 Å². The van der Waals surface area contributed by atoms with Crippen LogP contribution in [-0.4, -0.2) is 84.9 Å². The van der Waals surface area contributed by atoms with Gasteiger partial charge in [-0.3, -0.25) is 14.4 Å². The van der Waals surface area contributed by atoms with E-state index < -0.39 is 29.5 Å². The number of aryl methyl sites for hydroxylation is 1. The molecule has 2 aliphatic heterocycles. The number of hydrogen-bond acceptors (Lipinski definition) is 5. The summed E-state index contributed by atoms with van der Waals surface area (Å²) in [6.45, 7) is 8.16. The number of benzene rings is 1. The molecule has 2 saturated heterocycles. The number of carbonyl (C=O) groups excluding carboxylic acids is 4. The summed E-state index contributed by atoms with van der Waals surface area (Å²) in [7, 11) is 3.28. The summed E-state index contributed by atoms with van der Waals surface area (Å²) in [4.78, 5) is 57.0. The smallest absolute Gasteiger partial charge is 0.317 e. The quantitative estimate of drug-likeness (QED) is 0.436. The van der Waals surface area contributed by atoms with E-state index in [4.69, 9.17) is 0 Å². The molecule has 0 spiro atoms. The maximum Gasteiger partial charge on any atom is 0.317 e. The topological polar surface area (TPSA) is 123 Å². The summed E-state index contributed by atoms with van der Waals surface area (Å²) >= 11 is 0. The molecule has 0 unspecified atom stereocenters. The van der Waals surface area contributed by atoms with E-state index in [1.807, 2.05) is 32.9 Å². The van der Waals surface area contributed by atoms with Crippen molar-refractivity contribution in [2.24, 2.45) is 11.3 Å². The van der Waals surface area contributed by atoms with Gasteiger partial charge in [0.1, 0.15) is 6.04 Å². The number of fused-ring (bicyclic) bond motifs is 2. The first-order valence-electron chi connectivity index (χ1n) is 14.1. The molecule has 6 atom stereocenters. The van der Waals surface area contributed by atoms with Crippen molar-refractivity contribution in [1.29, 1.82) is 0 Å². The Balaban J connectivity index is 1.60. The van der Waals surface area contributed by atoms with Gasteiger partial charge in [-0.25, -0.2) is 4.79 Å². The summed E-state index contributed by atoms with van der Waals surface area (Å²) in [5.41, 5.74) is 1.84. The second-order valence-corrected chi connectivity index (χ2v) is 12.2. The molecule has 4 rings (SSSR count). The van der Waals surface area contributed by atoms with E-state index in [9.17, 15) is 19.2 Å². The summed E-state index contributed by atoms with van der Waals surface area (Å²) in [5.74, 6) is -1.19. The number of nitrogens with zero attached hydrogens (tertiary/aromatic N) is 2. The van der Waals surface area contributed by atoms with Crippen molar-refractivity contribution >= 4 is 23.8 Å². The molecule has 1 aromatic carbocycles. The van der Waals surface area contributed by atoms with Crippen LogP contribution in [0.4, 0.5) is 4.79 Å². The molecular weight excluding hydrogens is 496 g/mol. The fourth-order valence-electron chi connectivity index (χ4n) is 6.35. The number of rotatable bonds is 6. The lowest BCUT2D eigenvalue weighted by molar-refractivity contribution is -0.142. The van der Waals surface area contributed by atoms with Gasteiger partial charge in [-0.1, -0.05) is 45.0 Å². The summed E-state index contributed by atoms with van der Waals surface area (Å²) in [6, 6.07) is 5.90. The van der Waals surface area contributed by atoms with Crippen molar-refractivity contribution in [3.8, 4) is 0 Å². The number of nitrogens with one attached hydrogen (secondary N) is 4. The Bertz CT molecular complexity index is 1100. The van der Waals surface area contributed by atoms with Crippen LogP contribution >= 0.6 is 0 Å². The van der Waals surface area contributed by atoms with Crippen LogP contribution in [-0.2, 0) is 20.8 Å². The average molecular weight is 541 g/mol. The maximum absolute atomic E-state index is 14.1. The second-order valence-electron chi connectivity index (χ2n) is 12.2. The Morgan fingerprint density at radius 2 is 1.74 bits per heavy atom. The van der Waals surface area contributed by atoms with Crippen LogP contribution in [0.15, 0.2) is 24.3 Å². The molecule has 4 N–H and O–H groups in total. The first-order chi connectivity index (χ1) is 18.5. The van der Waals surface area contributed by atoms with E-state index in [0.717, 1.165) is 24.8 Å². The van der Waals surface area contributed by atoms with Crippen LogP contribution in [0.25, 0.3) is 0 Å². The Labute approximate surface area is 231 Å². The third-order valence-corrected chi connectivity index (χ3v) is 8.63. The lowest BCUT2D eigenvalue weighted by atomic mass is 9.84. The van der Waals surface area contributed by atoms with Gasteiger partial charge in [0.05, 0.1) is 30.1 Å². The van der Waals surface area contributed by atoms with Crippen molar-refractivity contribution in [1.82, 2.24) is 31.1 Å². The van der Waals surface area contributed by atoms with Crippen molar-refractivity contribution in [2.45, 2.75) is 83.6 Å². The van der Waals surface area contributed by atoms with Gasteiger partial charge in [-0.05, 0) is 56.2 Å². The number of urea groups is 1. The van der Waals surface area contributed by atoms with Gasteiger partial charge in [-0.2, -0.15) is 0 Å². The zero-order valence-corrected chi connectivity index (χ0v) is 24.0. The molecule has 1 aromatic rings. The van der Waals surface area contributed by atoms with Crippen LogP contribution in [0, 0.1) is 11.3 Å². The molecule has 214 valence electrons. The predicted molar refractivity (Wildman–Crippen MR) is 149 cm³/mol. The Morgan fingerprint density at radius 3 is 2.41 bits per heavy atom. The van der Waals surface area contributed by atoms with E-state index in [1.165, 1.54) is 5.56 Å². The second kappa shape index (κ2) is 11.5. The lowest BCUT2D eigenvalue weighted by Gasteiger charge is -2.37. The minimum atomic E-state index is -0.775. The first-order valence-corrected chi connectivity index (χ1v) is 14.1. The molecule has 10 heteroatoms. The standard InChI is InChI=1S/C29H44N6O4/c1-17(30-5)25(36)33-24(29(2,3)4)27(38)34-15-14-22-23(34)20(16-35(22)28(39)31-6)26(37)32-21-13-9-11-18-10-7-8-12-19(18)21/h7-8,10,12,17,20-24,30H,9,11,13-16H2,1-6H3,(H,31,39)(H,32,37)(H,33,36)/t17-,20+,21-,22-,23-,24-/m1/s1. The van der Waals surface area contributed by atoms with Gasteiger partial charge < -0.3 is 31.1 Å². The highest BCUT2D eigenvalue weighted by Gasteiger charge is 2.55. The van der Waals surface area contributed by atoms with Crippen molar-refractivity contribution in [2.75, 3.05) is 27.2 Å². The third kappa shape index (κ3) is 5.76. The number of carbonyl (C=O) groups is 4. The zero-order valence-electron chi connectivity index (χ0n) is 24.0. The monoisotopic (exact) mass is 540 g/mol. The van der Waals surface area contributed by atoms with Crippen LogP contribution in [0.1, 0.15) is 64.1 Å². The fourth-order valence-corrected chi connectivity index (χ4v) is 6.35. The van der Waals surface area contributed by atoms with E-state index in [-0.39, 0.29) is 42.4 Å². The molecule has 0 radical (unpaired) electrons. The van der Waals surface area contributed by atoms with Gasteiger partial charge >= 0.3 is 6.03 Å². The molecule has 2 heterocycles. The highest BCUT2D eigenvalue weighted by Crippen LogP contribution is 2.38. The van der Waals surface area contributed by atoms with Crippen molar-refractivity contribution < 1.29 is 19.2 Å². The Kier molecular flexibility index (Phi) is 8.54. The summed E-state index contributed by atoms with van der Waals surface area (Å²) in [6.07, 6.45) is 3.42. The van der Waals surface area contributed by atoms with E-state index in [0.29, 0.717) is 13.0 Å². The van der Waals surface area contributed by atoms with Gasteiger partial charge in [0.25, 0.3) is 0 Å². The molecule has 5 amide bonds. The number of hydrogen-bond donors (Lipinski definition) is 4. The minimum absolute atomic E-state index is 0.0925. The van der Waals surface area contributed by atoms with Crippen LogP contribution in [0.5, 0.6) is 0 Å². The SMILES string of the molecule is CNC(=O)N1C[C@H](C(=O)N[C@@H]2CCCc3ccccc32)[C@@H]2[C@H]1CCN2C(=O)[C@@H](NC(=O)[C@@H](C)NC)C(C)(C)C. The molecule has 2 fully saturated rings. The van der Waals surface area contributed by atoms with E-state index in [1.54, 1.807) is 30.8 Å². The molecule has 39 heavy (non-hydrogen) atoms. The lowest BCUT2D eigenvalue weighted by Crippen LogP contribution is -2.59. The predicted octanol–water partition coefficient (Wildman–Crippen LogP) is 1.56. The molecule has 1 aliphatic carbocycles. The van der Waals surface area contributed by atoms with Crippen molar-refractivity contribution in [3.05, 3.63) is 35.4 Å². The molecular formula is C29H44N6O4. The van der Waals surface area contributed by atoms with Gasteiger partial charge in [0, 0.05) is 20.1 Å². The highest BCUT2D eigenvalue weighted by molar-refractivity contribution is 5.92. The van der Waals surface area contributed by atoms with E-state index >= 15 is 0 Å². The highest BCUT2D eigenvalue weighted by atomic mass is 16.2. The summed E-state index contributed by atoms with van der Waals surface area (Å²) in [5, 5.41) is 11.8. The van der Waals surface area contributed by atoms with Gasteiger partial charge in [0.2, 0.25) is 17.7 Å². The minimum Gasteiger partial charge on any atom is -0.349 e. The molecule has 0 bridgehead atoms. The molecule has 0 saturated carbocycles. The van der Waals surface area contributed by atoms with Gasteiger partial charge in [0.15, 0.2) is 0 Å². The van der Waals surface area contributed by atoms with Crippen LogP contribution < -0.4 is 21.3 Å². The maximum atomic E-state index is 14.1. The van der Waals surface area contributed by atoms with Crippen LogP contribution in [0.2, 0.25) is 0 Å². The van der Waals surface area contributed by atoms with E-state index in [2.05, 4.69) is 33.4 Å². The molecule has 3 aliphatic rings. The molecule has 0 aromatic heterocycles. The zero-order chi connectivity index (χ0) is 28.5. The molecule has 10 nitrogen and oxygen atoms in total. The Hall–Kier alpha value is -3.14. The fraction of sp³-hybridized carbons (Fsp3) is 0.655. The largest absolute Gasteiger partial charge is 0.349 e.